The molecule has 0 aromatic carbocycles. The fourth-order valence-electron chi connectivity index (χ4n) is 3.51. The molecule has 0 bridgehead atoms. The van der Waals surface area contributed by atoms with Gasteiger partial charge in [0.05, 0.1) is 16.3 Å². The van der Waals surface area contributed by atoms with E-state index < -0.39 is 0 Å². The molecule has 0 spiro atoms. The quantitative estimate of drug-likeness (QED) is 0.733. The fraction of sp³-hybridized carbons (Fsp3) is 0.421. The summed E-state index contributed by atoms with van der Waals surface area (Å²) in [5.41, 5.74) is 2.72. The second-order valence-corrected chi connectivity index (χ2v) is 8.67. The molecule has 0 radical (unpaired) electrons. The highest BCUT2D eigenvalue weighted by Gasteiger charge is 2.38. The summed E-state index contributed by atoms with van der Waals surface area (Å²) in [6, 6.07) is 3.97. The number of aromatic nitrogens is 3. The summed E-state index contributed by atoms with van der Waals surface area (Å²) in [6.45, 7) is 8.32. The number of carbonyl (C=O) groups excluding carboxylic acids is 1. The highest BCUT2D eigenvalue weighted by atomic mass is 32.1. The van der Waals surface area contributed by atoms with Crippen LogP contribution in [0.5, 0.6) is 0 Å². The second-order valence-electron chi connectivity index (χ2n) is 7.73. The number of carbonyl (C=O) groups is 1. The average Bonchev–Trinajstić information content (AvgIpc) is 3.25. The summed E-state index contributed by atoms with van der Waals surface area (Å²) < 4.78 is 7.69. The molecule has 1 atom stereocenters. The van der Waals surface area contributed by atoms with Gasteiger partial charge in [-0.25, -0.2) is 4.98 Å². The van der Waals surface area contributed by atoms with E-state index in [-0.39, 0.29) is 17.2 Å². The van der Waals surface area contributed by atoms with Gasteiger partial charge in [0.2, 0.25) is 11.8 Å². The molecule has 0 fully saturated rings. The van der Waals surface area contributed by atoms with Crippen LogP contribution in [-0.2, 0) is 17.3 Å². The summed E-state index contributed by atoms with van der Waals surface area (Å²) in [6.07, 6.45) is 0.346. The number of hydrogen-bond donors (Lipinski definition) is 1. The minimum absolute atomic E-state index is 0.0222. The number of hydrogen-bond acceptors (Lipinski definition) is 5. The fourth-order valence-corrected chi connectivity index (χ4v) is 4.16. The van der Waals surface area contributed by atoms with Crippen molar-refractivity contribution in [3.8, 4) is 10.8 Å². The molecule has 1 N–H and O–H groups in total. The van der Waals surface area contributed by atoms with Crippen molar-refractivity contribution in [2.24, 2.45) is 7.05 Å². The van der Waals surface area contributed by atoms with Crippen molar-refractivity contribution in [1.29, 1.82) is 0 Å². The van der Waals surface area contributed by atoms with Crippen LogP contribution in [0.2, 0.25) is 0 Å². The lowest BCUT2D eigenvalue weighted by atomic mass is 9.81. The first-order valence-electron chi connectivity index (χ1n) is 8.64. The minimum Gasteiger partial charge on any atom is -0.440 e. The normalized spacial score (nSPS) is 17.3. The molecule has 4 rings (SSSR count). The first-order valence-corrected chi connectivity index (χ1v) is 9.52. The molecule has 3 aromatic rings. The minimum atomic E-state index is -0.154. The number of nitrogens with one attached hydrogen (secondary N) is 1. The van der Waals surface area contributed by atoms with Crippen LogP contribution in [0.4, 0.5) is 5.82 Å². The van der Waals surface area contributed by atoms with Crippen molar-refractivity contribution in [3.63, 3.8) is 0 Å². The third kappa shape index (κ3) is 2.67. The van der Waals surface area contributed by atoms with Gasteiger partial charge >= 0.3 is 0 Å². The first kappa shape index (κ1) is 17.0. The molecule has 3 aromatic heterocycles. The van der Waals surface area contributed by atoms with Crippen LogP contribution in [0, 0.1) is 6.92 Å². The van der Waals surface area contributed by atoms with Gasteiger partial charge in [0, 0.05) is 30.4 Å². The number of rotatable bonds is 2. The van der Waals surface area contributed by atoms with Crippen molar-refractivity contribution in [2.75, 3.05) is 5.32 Å². The van der Waals surface area contributed by atoms with Crippen molar-refractivity contribution in [1.82, 2.24) is 14.8 Å². The monoisotopic (exact) mass is 370 g/mol. The molecule has 1 aliphatic heterocycles. The van der Waals surface area contributed by atoms with E-state index in [0.29, 0.717) is 12.3 Å². The summed E-state index contributed by atoms with van der Waals surface area (Å²) in [5.74, 6) is 1.95. The van der Waals surface area contributed by atoms with Gasteiger partial charge in [-0.3, -0.25) is 9.48 Å². The van der Waals surface area contributed by atoms with Crippen LogP contribution in [-0.4, -0.2) is 20.7 Å². The molecule has 0 saturated heterocycles. The summed E-state index contributed by atoms with van der Waals surface area (Å²) in [4.78, 5) is 18.1. The molecule has 136 valence electrons. The highest BCUT2D eigenvalue weighted by molar-refractivity contribution is 7.13. The van der Waals surface area contributed by atoms with Crippen LogP contribution in [0.1, 0.15) is 55.8 Å². The van der Waals surface area contributed by atoms with Crippen molar-refractivity contribution < 1.29 is 9.21 Å². The Morgan fingerprint density at radius 1 is 1.38 bits per heavy atom. The molecule has 1 aliphatic rings. The molecule has 6 nitrogen and oxygen atoms in total. The number of amides is 1. The van der Waals surface area contributed by atoms with E-state index in [1.807, 2.05) is 31.5 Å². The average molecular weight is 370 g/mol. The largest absolute Gasteiger partial charge is 0.440 e. The second kappa shape index (κ2) is 5.81. The van der Waals surface area contributed by atoms with Crippen LogP contribution >= 0.6 is 11.3 Å². The third-order valence-corrected chi connectivity index (χ3v) is 5.54. The van der Waals surface area contributed by atoms with Crippen molar-refractivity contribution in [3.05, 3.63) is 40.2 Å². The number of oxazole rings is 1. The Hall–Kier alpha value is -2.41. The molecular weight excluding hydrogens is 348 g/mol. The molecule has 0 saturated carbocycles. The van der Waals surface area contributed by atoms with Gasteiger partial charge in [-0.2, -0.15) is 5.10 Å². The Bertz CT molecular complexity index is 976. The zero-order valence-electron chi connectivity index (χ0n) is 15.6. The van der Waals surface area contributed by atoms with Gasteiger partial charge < -0.3 is 9.73 Å². The number of thiophene rings is 1. The van der Waals surface area contributed by atoms with Gasteiger partial charge in [-0.05, 0) is 18.4 Å². The standard InChI is InChI=1S/C19H22N4O2S/c1-10-15(21-18(25-10)12-7-6-8-26-12)11-9-13(24)20-17-14(11)16(19(2,3)4)22-23(17)5/h6-8,11H,9H2,1-5H3,(H,20,24). The van der Waals surface area contributed by atoms with Crippen LogP contribution in [0.25, 0.3) is 10.8 Å². The van der Waals surface area contributed by atoms with Gasteiger partial charge in [0.1, 0.15) is 11.6 Å². The summed E-state index contributed by atoms with van der Waals surface area (Å²) >= 11 is 1.59. The Labute approximate surface area is 156 Å². The molecule has 0 aliphatic carbocycles. The molecule has 26 heavy (non-hydrogen) atoms. The lowest BCUT2D eigenvalue weighted by Crippen LogP contribution is -2.26. The first-order chi connectivity index (χ1) is 12.3. The Morgan fingerprint density at radius 3 is 2.81 bits per heavy atom. The van der Waals surface area contributed by atoms with E-state index in [1.54, 1.807) is 16.0 Å². The Morgan fingerprint density at radius 2 is 2.15 bits per heavy atom. The topological polar surface area (TPSA) is 73.0 Å². The van der Waals surface area contributed by atoms with Crippen LogP contribution < -0.4 is 5.32 Å². The molecule has 1 unspecified atom stereocenters. The van der Waals surface area contributed by atoms with Gasteiger partial charge in [-0.15, -0.1) is 11.3 Å². The molecule has 1 amide bonds. The number of anilines is 1. The van der Waals surface area contributed by atoms with Gasteiger partial charge in [0.25, 0.3) is 0 Å². The van der Waals surface area contributed by atoms with Crippen LogP contribution in [0.3, 0.4) is 0 Å². The lowest BCUT2D eigenvalue weighted by molar-refractivity contribution is -0.116. The van der Waals surface area contributed by atoms with E-state index >= 15 is 0 Å². The summed E-state index contributed by atoms with van der Waals surface area (Å²) in [5, 5.41) is 9.68. The van der Waals surface area contributed by atoms with Crippen molar-refractivity contribution >= 4 is 23.1 Å². The predicted octanol–water partition coefficient (Wildman–Crippen LogP) is 4.22. The van der Waals surface area contributed by atoms with Crippen LogP contribution in [0.15, 0.2) is 21.9 Å². The van der Waals surface area contributed by atoms with Gasteiger partial charge in [0.15, 0.2) is 0 Å². The van der Waals surface area contributed by atoms with E-state index in [1.165, 1.54) is 0 Å². The van der Waals surface area contributed by atoms with Crippen molar-refractivity contribution in [2.45, 2.75) is 45.4 Å². The predicted molar refractivity (Wildman–Crippen MR) is 102 cm³/mol. The zero-order valence-corrected chi connectivity index (χ0v) is 16.4. The zero-order chi connectivity index (χ0) is 18.6. The van der Waals surface area contributed by atoms with E-state index in [0.717, 1.165) is 33.4 Å². The number of fused-ring (bicyclic) bond motifs is 1. The molecule has 4 heterocycles. The number of nitrogens with zero attached hydrogens (tertiary/aromatic N) is 3. The number of aryl methyl sites for hydroxylation is 2. The maximum atomic E-state index is 12.4. The highest BCUT2D eigenvalue weighted by Crippen LogP contribution is 2.44. The SMILES string of the molecule is Cc1oc(-c2cccs2)nc1C1CC(=O)Nc2c1c(C(C)(C)C)nn2C. The van der Waals surface area contributed by atoms with E-state index in [2.05, 4.69) is 26.1 Å². The Kier molecular flexibility index (Phi) is 3.80. The molecular formula is C19H22N4O2S. The lowest BCUT2D eigenvalue weighted by Gasteiger charge is -2.26. The maximum absolute atomic E-state index is 12.4. The van der Waals surface area contributed by atoms with E-state index in [4.69, 9.17) is 14.5 Å². The summed E-state index contributed by atoms with van der Waals surface area (Å²) in [7, 11) is 1.86. The molecule has 7 heteroatoms. The Balaban J connectivity index is 1.88. The van der Waals surface area contributed by atoms with Gasteiger partial charge in [-0.1, -0.05) is 26.8 Å². The maximum Gasteiger partial charge on any atom is 0.236 e. The smallest absolute Gasteiger partial charge is 0.236 e. The van der Waals surface area contributed by atoms with E-state index in [9.17, 15) is 4.79 Å². The third-order valence-electron chi connectivity index (χ3n) is 4.68.